The predicted octanol–water partition coefficient (Wildman–Crippen LogP) is 2.64. The smallest absolute Gasteiger partial charge is 0.269 e. The van der Waals surface area contributed by atoms with Crippen LogP contribution >= 0.6 is 0 Å². The molecule has 0 aliphatic rings. The number of nitrogens with one attached hydrogen (secondary N) is 2. The lowest BCUT2D eigenvalue weighted by Gasteiger charge is -2.16. The molecule has 106 valence electrons. The number of carbonyl (C=O) groups excluding carboxylic acids is 1. The number of amides is 1. The lowest BCUT2D eigenvalue weighted by atomic mass is 9.99. The molecule has 3 rings (SSSR count). The van der Waals surface area contributed by atoms with Crippen LogP contribution in [0.1, 0.15) is 29.0 Å². The first-order chi connectivity index (χ1) is 10.1. The van der Waals surface area contributed by atoms with Gasteiger partial charge in [-0.15, -0.1) is 0 Å². The van der Waals surface area contributed by atoms with E-state index in [0.717, 1.165) is 16.3 Å². The molecular weight excluding hydrogens is 264 g/mol. The van der Waals surface area contributed by atoms with E-state index in [1.165, 1.54) is 6.07 Å². The molecule has 21 heavy (non-hydrogen) atoms. The van der Waals surface area contributed by atoms with E-state index in [9.17, 15) is 4.79 Å². The fraction of sp³-hybridized carbons (Fsp3) is 0.125. The van der Waals surface area contributed by atoms with Crippen molar-refractivity contribution >= 4 is 22.5 Å². The standard InChI is InChI=1S/C16H16N4O/c1-10(18-16(21)14-9-15(17)20-19-14)12-8-4-6-11-5-2-3-7-13(11)12/h2-10H,1H3,(H,18,21)(H3,17,19,20). The minimum atomic E-state index is -0.223. The first-order valence-electron chi connectivity index (χ1n) is 6.74. The SMILES string of the molecule is CC(NC(=O)c1cc(N)n[nH]1)c1cccc2ccccc12. The molecule has 1 heterocycles. The number of benzene rings is 2. The van der Waals surface area contributed by atoms with Gasteiger partial charge in [0.25, 0.3) is 5.91 Å². The monoisotopic (exact) mass is 280 g/mol. The number of nitrogens with zero attached hydrogens (tertiary/aromatic N) is 1. The second-order valence-corrected chi connectivity index (χ2v) is 4.97. The Balaban J connectivity index is 1.87. The van der Waals surface area contributed by atoms with Crippen molar-refractivity contribution < 1.29 is 4.79 Å². The van der Waals surface area contributed by atoms with Crippen molar-refractivity contribution in [3.63, 3.8) is 0 Å². The first kappa shape index (κ1) is 13.2. The number of nitrogen functional groups attached to an aromatic ring is 1. The number of anilines is 1. The summed E-state index contributed by atoms with van der Waals surface area (Å²) in [5.41, 5.74) is 6.95. The van der Waals surface area contributed by atoms with Crippen LogP contribution in [-0.2, 0) is 0 Å². The molecule has 0 fully saturated rings. The normalized spacial score (nSPS) is 12.2. The van der Waals surface area contributed by atoms with E-state index in [4.69, 9.17) is 5.73 Å². The maximum Gasteiger partial charge on any atom is 0.269 e. The summed E-state index contributed by atoms with van der Waals surface area (Å²) in [5.74, 6) is 0.0811. The summed E-state index contributed by atoms with van der Waals surface area (Å²) >= 11 is 0. The van der Waals surface area contributed by atoms with Crippen LogP contribution in [0.2, 0.25) is 0 Å². The fourth-order valence-electron chi connectivity index (χ4n) is 2.43. The fourth-order valence-corrected chi connectivity index (χ4v) is 2.43. The van der Waals surface area contributed by atoms with Crippen LogP contribution < -0.4 is 11.1 Å². The Kier molecular flexibility index (Phi) is 3.31. The number of rotatable bonds is 3. The molecule has 0 radical (unpaired) electrons. The van der Waals surface area contributed by atoms with Crippen molar-refractivity contribution in [1.82, 2.24) is 15.5 Å². The molecule has 1 aromatic heterocycles. The number of fused-ring (bicyclic) bond motifs is 1. The molecule has 5 nitrogen and oxygen atoms in total. The lowest BCUT2D eigenvalue weighted by molar-refractivity contribution is 0.0935. The average molecular weight is 280 g/mol. The van der Waals surface area contributed by atoms with E-state index in [2.05, 4.69) is 33.7 Å². The second-order valence-electron chi connectivity index (χ2n) is 4.97. The zero-order valence-corrected chi connectivity index (χ0v) is 11.6. The molecule has 0 saturated carbocycles. The van der Waals surface area contributed by atoms with Crippen LogP contribution in [0.15, 0.2) is 48.5 Å². The lowest BCUT2D eigenvalue weighted by Crippen LogP contribution is -2.27. The van der Waals surface area contributed by atoms with Gasteiger partial charge in [0.1, 0.15) is 11.5 Å². The molecule has 4 N–H and O–H groups in total. The van der Waals surface area contributed by atoms with Gasteiger partial charge in [0.05, 0.1) is 6.04 Å². The van der Waals surface area contributed by atoms with Crippen molar-refractivity contribution in [2.24, 2.45) is 0 Å². The zero-order chi connectivity index (χ0) is 14.8. The summed E-state index contributed by atoms with van der Waals surface area (Å²) in [6.45, 7) is 1.96. The minimum absolute atomic E-state index is 0.117. The third-order valence-electron chi connectivity index (χ3n) is 3.48. The predicted molar refractivity (Wildman–Crippen MR) is 82.8 cm³/mol. The van der Waals surface area contributed by atoms with Crippen LogP contribution in [0.25, 0.3) is 10.8 Å². The van der Waals surface area contributed by atoms with E-state index >= 15 is 0 Å². The van der Waals surface area contributed by atoms with Gasteiger partial charge in [0, 0.05) is 6.07 Å². The number of hydrogen-bond acceptors (Lipinski definition) is 3. The van der Waals surface area contributed by atoms with E-state index < -0.39 is 0 Å². The third-order valence-corrected chi connectivity index (χ3v) is 3.48. The van der Waals surface area contributed by atoms with Crippen molar-refractivity contribution in [3.8, 4) is 0 Å². The van der Waals surface area contributed by atoms with Gasteiger partial charge in [-0.25, -0.2) is 0 Å². The largest absolute Gasteiger partial charge is 0.382 e. The number of aromatic nitrogens is 2. The third kappa shape index (κ3) is 2.58. The maximum absolute atomic E-state index is 12.1. The zero-order valence-electron chi connectivity index (χ0n) is 11.6. The van der Waals surface area contributed by atoms with Crippen molar-refractivity contribution in [2.75, 3.05) is 5.73 Å². The van der Waals surface area contributed by atoms with Gasteiger partial charge in [-0.2, -0.15) is 5.10 Å². The van der Waals surface area contributed by atoms with E-state index in [0.29, 0.717) is 11.5 Å². The van der Waals surface area contributed by atoms with E-state index in [1.54, 1.807) is 0 Å². The summed E-state index contributed by atoms with van der Waals surface area (Å²) in [7, 11) is 0. The van der Waals surface area contributed by atoms with Crippen LogP contribution in [0, 0.1) is 0 Å². The molecule has 0 bridgehead atoms. The minimum Gasteiger partial charge on any atom is -0.382 e. The highest BCUT2D eigenvalue weighted by Crippen LogP contribution is 2.24. The molecule has 0 aliphatic carbocycles. The number of H-pyrrole nitrogens is 1. The van der Waals surface area contributed by atoms with Gasteiger partial charge >= 0.3 is 0 Å². The van der Waals surface area contributed by atoms with Crippen LogP contribution in [-0.4, -0.2) is 16.1 Å². The molecule has 1 amide bonds. The van der Waals surface area contributed by atoms with Crippen LogP contribution in [0.5, 0.6) is 0 Å². The Morgan fingerprint density at radius 2 is 2.00 bits per heavy atom. The molecule has 1 unspecified atom stereocenters. The van der Waals surface area contributed by atoms with Crippen molar-refractivity contribution in [3.05, 3.63) is 59.8 Å². The molecule has 0 aliphatic heterocycles. The molecule has 3 aromatic rings. The number of nitrogens with two attached hydrogens (primary N) is 1. The Bertz CT molecular complexity index is 788. The quantitative estimate of drug-likeness (QED) is 0.689. The second kappa shape index (κ2) is 5.28. The Morgan fingerprint density at radius 3 is 2.76 bits per heavy atom. The van der Waals surface area contributed by atoms with Crippen molar-refractivity contribution in [1.29, 1.82) is 0 Å². The van der Waals surface area contributed by atoms with Gasteiger partial charge in [-0.3, -0.25) is 9.89 Å². The molecule has 5 heteroatoms. The topological polar surface area (TPSA) is 83.8 Å². The van der Waals surface area contributed by atoms with Gasteiger partial charge in [0.2, 0.25) is 0 Å². The molecule has 2 aromatic carbocycles. The molecular formula is C16H16N4O. The molecule has 0 spiro atoms. The summed E-state index contributed by atoms with van der Waals surface area (Å²) in [5, 5.41) is 11.6. The van der Waals surface area contributed by atoms with E-state index in [1.807, 2.05) is 31.2 Å². The Morgan fingerprint density at radius 1 is 1.24 bits per heavy atom. The molecule has 1 atom stereocenters. The van der Waals surface area contributed by atoms with Gasteiger partial charge in [-0.1, -0.05) is 42.5 Å². The highest BCUT2D eigenvalue weighted by atomic mass is 16.2. The highest BCUT2D eigenvalue weighted by molar-refractivity contribution is 5.94. The van der Waals surface area contributed by atoms with Crippen LogP contribution in [0.3, 0.4) is 0 Å². The summed E-state index contributed by atoms with van der Waals surface area (Å²) in [4.78, 5) is 12.1. The van der Waals surface area contributed by atoms with Gasteiger partial charge in [-0.05, 0) is 23.3 Å². The number of carbonyl (C=O) groups is 1. The Labute approximate surface area is 122 Å². The first-order valence-corrected chi connectivity index (χ1v) is 6.74. The number of hydrogen-bond donors (Lipinski definition) is 3. The average Bonchev–Trinajstić information content (AvgIpc) is 2.93. The maximum atomic E-state index is 12.1. The summed E-state index contributed by atoms with van der Waals surface area (Å²) in [6, 6.07) is 15.6. The highest BCUT2D eigenvalue weighted by Gasteiger charge is 2.15. The van der Waals surface area contributed by atoms with Gasteiger partial charge < -0.3 is 11.1 Å². The van der Waals surface area contributed by atoms with E-state index in [-0.39, 0.29) is 11.9 Å². The van der Waals surface area contributed by atoms with Crippen molar-refractivity contribution in [2.45, 2.75) is 13.0 Å². The van der Waals surface area contributed by atoms with Crippen LogP contribution in [0.4, 0.5) is 5.82 Å². The summed E-state index contributed by atoms with van der Waals surface area (Å²) in [6.07, 6.45) is 0. The number of aromatic amines is 1. The van der Waals surface area contributed by atoms with Gasteiger partial charge in [0.15, 0.2) is 0 Å². The summed E-state index contributed by atoms with van der Waals surface area (Å²) < 4.78 is 0. The molecule has 0 saturated heterocycles. The Hall–Kier alpha value is -2.82.